The zero-order valence-corrected chi connectivity index (χ0v) is 11.2. The average Bonchev–Trinajstić information content (AvgIpc) is 2.66. The third-order valence-corrected chi connectivity index (χ3v) is 3.44. The molecule has 6 heteroatoms. The number of nitrogens with one attached hydrogen (secondary N) is 1. The highest BCUT2D eigenvalue weighted by atomic mass is 35.5. The number of carbonyl (C=O) groups is 1. The Bertz CT molecular complexity index is 354. The second-order valence-electron chi connectivity index (χ2n) is 3.74. The molecular weight excluding hydrogens is 246 g/mol. The van der Waals surface area contributed by atoms with E-state index in [4.69, 9.17) is 11.6 Å². The molecule has 2 atom stereocenters. The Kier molecular flexibility index (Phi) is 5.15. The van der Waals surface area contributed by atoms with Gasteiger partial charge in [0, 0.05) is 5.92 Å². The summed E-state index contributed by atoms with van der Waals surface area (Å²) in [4.78, 5) is 11.3. The number of aromatic nitrogens is 2. The van der Waals surface area contributed by atoms with Gasteiger partial charge in [0.15, 0.2) is 0 Å². The van der Waals surface area contributed by atoms with Crippen molar-refractivity contribution in [2.24, 2.45) is 0 Å². The summed E-state index contributed by atoms with van der Waals surface area (Å²) in [6.07, 6.45) is 2.19. The molecule has 0 spiro atoms. The molecule has 1 aromatic rings. The predicted octanol–water partition coefficient (Wildman–Crippen LogP) is 3.01. The minimum Gasteiger partial charge on any atom is -0.299 e. The first-order chi connectivity index (χ1) is 7.54. The Hall–Kier alpha value is -0.680. The summed E-state index contributed by atoms with van der Waals surface area (Å²) in [6, 6.07) is 0. The van der Waals surface area contributed by atoms with Crippen molar-refractivity contribution in [3.63, 3.8) is 0 Å². The van der Waals surface area contributed by atoms with Gasteiger partial charge in [-0.1, -0.05) is 31.6 Å². The van der Waals surface area contributed by atoms with Crippen LogP contribution in [0.2, 0.25) is 0 Å². The molecule has 4 nitrogen and oxygen atoms in total. The summed E-state index contributed by atoms with van der Waals surface area (Å²) in [7, 11) is 0. The molecule has 1 aromatic heterocycles. The third kappa shape index (κ3) is 3.72. The van der Waals surface area contributed by atoms with Gasteiger partial charge >= 0.3 is 0 Å². The minimum atomic E-state index is -0.555. The van der Waals surface area contributed by atoms with Crippen molar-refractivity contribution in [3.8, 4) is 0 Å². The Balaban J connectivity index is 2.61. The molecule has 0 aliphatic rings. The van der Waals surface area contributed by atoms with Crippen molar-refractivity contribution in [1.29, 1.82) is 0 Å². The van der Waals surface area contributed by atoms with Gasteiger partial charge in [0.2, 0.25) is 11.0 Å². The van der Waals surface area contributed by atoms with Crippen molar-refractivity contribution in [2.45, 2.75) is 44.9 Å². The Morgan fingerprint density at radius 1 is 1.50 bits per heavy atom. The number of hydrogen-bond donors (Lipinski definition) is 1. The van der Waals surface area contributed by atoms with Gasteiger partial charge < -0.3 is 0 Å². The van der Waals surface area contributed by atoms with Crippen LogP contribution in [-0.4, -0.2) is 21.5 Å². The van der Waals surface area contributed by atoms with Crippen molar-refractivity contribution in [1.82, 2.24) is 10.2 Å². The molecule has 0 saturated heterocycles. The van der Waals surface area contributed by atoms with Crippen LogP contribution >= 0.6 is 22.9 Å². The van der Waals surface area contributed by atoms with Crippen molar-refractivity contribution in [3.05, 3.63) is 5.01 Å². The fraction of sp³-hybridized carbons (Fsp3) is 0.700. The van der Waals surface area contributed by atoms with Gasteiger partial charge in [-0.3, -0.25) is 10.1 Å². The quantitative estimate of drug-likeness (QED) is 0.829. The van der Waals surface area contributed by atoms with E-state index in [1.54, 1.807) is 6.92 Å². The minimum absolute atomic E-state index is 0.243. The van der Waals surface area contributed by atoms with Crippen LogP contribution in [0.3, 0.4) is 0 Å². The molecule has 90 valence electrons. The molecule has 1 rings (SSSR count). The normalized spacial score (nSPS) is 14.5. The molecule has 0 radical (unpaired) electrons. The number of amides is 1. The molecule has 0 saturated carbocycles. The van der Waals surface area contributed by atoms with Crippen LogP contribution in [0.15, 0.2) is 0 Å². The van der Waals surface area contributed by atoms with E-state index in [0.717, 1.165) is 17.8 Å². The van der Waals surface area contributed by atoms with Crippen LogP contribution in [0, 0.1) is 0 Å². The van der Waals surface area contributed by atoms with Crippen LogP contribution in [-0.2, 0) is 4.79 Å². The van der Waals surface area contributed by atoms with Crippen LogP contribution < -0.4 is 5.32 Å². The second-order valence-corrected chi connectivity index (χ2v) is 5.40. The number of alkyl halides is 1. The smallest absolute Gasteiger partial charge is 0.243 e. The fourth-order valence-electron chi connectivity index (χ4n) is 1.25. The zero-order valence-electron chi connectivity index (χ0n) is 9.66. The van der Waals surface area contributed by atoms with E-state index in [9.17, 15) is 4.79 Å². The van der Waals surface area contributed by atoms with Crippen LogP contribution in [0.5, 0.6) is 0 Å². The topological polar surface area (TPSA) is 54.9 Å². The Morgan fingerprint density at radius 3 is 2.75 bits per heavy atom. The molecule has 1 heterocycles. The van der Waals surface area contributed by atoms with E-state index in [2.05, 4.69) is 29.4 Å². The van der Waals surface area contributed by atoms with Gasteiger partial charge in [-0.25, -0.2) is 0 Å². The van der Waals surface area contributed by atoms with E-state index in [1.165, 1.54) is 11.3 Å². The number of halogens is 1. The Morgan fingerprint density at radius 2 is 2.19 bits per heavy atom. The number of nitrogens with zero attached hydrogens (tertiary/aromatic N) is 2. The standard InChI is InChI=1S/C10H16ClN3OS/c1-4-5-6(2)9-13-14-10(16-9)12-8(15)7(3)11/h6-7H,4-5H2,1-3H3,(H,12,14,15)/t6-,7+/m1/s1. The van der Waals surface area contributed by atoms with Crippen molar-refractivity contribution in [2.75, 3.05) is 5.32 Å². The van der Waals surface area contributed by atoms with E-state index in [1.807, 2.05) is 0 Å². The number of carbonyl (C=O) groups excluding carboxylic acids is 1. The second kappa shape index (κ2) is 6.15. The predicted molar refractivity (Wildman–Crippen MR) is 67.2 cm³/mol. The van der Waals surface area contributed by atoms with Crippen LogP contribution in [0.25, 0.3) is 0 Å². The van der Waals surface area contributed by atoms with Crippen molar-refractivity contribution < 1.29 is 4.79 Å². The highest BCUT2D eigenvalue weighted by Crippen LogP contribution is 2.26. The maximum absolute atomic E-state index is 11.3. The molecule has 0 aliphatic carbocycles. The van der Waals surface area contributed by atoms with E-state index >= 15 is 0 Å². The van der Waals surface area contributed by atoms with E-state index in [-0.39, 0.29) is 5.91 Å². The summed E-state index contributed by atoms with van der Waals surface area (Å²) in [5, 5.41) is 11.5. The van der Waals surface area contributed by atoms with Gasteiger partial charge in [-0.05, 0) is 13.3 Å². The largest absolute Gasteiger partial charge is 0.299 e. The molecule has 1 amide bonds. The first-order valence-corrected chi connectivity index (χ1v) is 6.58. The van der Waals surface area contributed by atoms with Gasteiger partial charge in [-0.2, -0.15) is 0 Å². The number of rotatable bonds is 5. The van der Waals surface area contributed by atoms with Crippen LogP contribution in [0.1, 0.15) is 44.5 Å². The lowest BCUT2D eigenvalue weighted by atomic mass is 10.1. The van der Waals surface area contributed by atoms with Gasteiger partial charge in [0.05, 0.1) is 0 Å². The number of anilines is 1. The van der Waals surface area contributed by atoms with Gasteiger partial charge in [0.25, 0.3) is 0 Å². The maximum atomic E-state index is 11.3. The first-order valence-electron chi connectivity index (χ1n) is 5.33. The summed E-state index contributed by atoms with van der Waals surface area (Å²) < 4.78 is 0. The summed E-state index contributed by atoms with van der Waals surface area (Å²) in [5.41, 5.74) is 0. The number of hydrogen-bond acceptors (Lipinski definition) is 4. The molecule has 0 aromatic carbocycles. The highest BCUT2D eigenvalue weighted by molar-refractivity contribution is 7.15. The molecule has 0 fully saturated rings. The van der Waals surface area contributed by atoms with Crippen molar-refractivity contribution >= 4 is 34.0 Å². The van der Waals surface area contributed by atoms with Crippen LogP contribution in [0.4, 0.5) is 5.13 Å². The molecular formula is C10H16ClN3OS. The summed E-state index contributed by atoms with van der Waals surface area (Å²) in [5.74, 6) is 0.147. The molecule has 16 heavy (non-hydrogen) atoms. The summed E-state index contributed by atoms with van der Waals surface area (Å²) >= 11 is 7.06. The average molecular weight is 262 g/mol. The molecule has 0 bridgehead atoms. The SMILES string of the molecule is CCC[C@@H](C)c1nnc(NC(=O)[C@H](C)Cl)s1. The zero-order chi connectivity index (χ0) is 12.1. The molecule has 1 N–H and O–H groups in total. The van der Waals surface area contributed by atoms with E-state index < -0.39 is 5.38 Å². The first kappa shape index (κ1) is 13.4. The molecule has 0 aliphatic heterocycles. The lowest BCUT2D eigenvalue weighted by Crippen LogP contribution is -2.20. The summed E-state index contributed by atoms with van der Waals surface area (Å²) in [6.45, 7) is 5.87. The van der Waals surface area contributed by atoms with E-state index in [0.29, 0.717) is 11.0 Å². The lowest BCUT2D eigenvalue weighted by Gasteiger charge is -2.03. The van der Waals surface area contributed by atoms with Gasteiger partial charge in [0.1, 0.15) is 10.4 Å². The van der Waals surface area contributed by atoms with Gasteiger partial charge in [-0.15, -0.1) is 21.8 Å². The molecule has 0 unspecified atom stereocenters. The third-order valence-electron chi connectivity index (χ3n) is 2.18. The monoisotopic (exact) mass is 261 g/mol. The maximum Gasteiger partial charge on any atom is 0.243 e. The Labute approximate surface area is 104 Å². The lowest BCUT2D eigenvalue weighted by molar-refractivity contribution is -0.115. The fourth-order valence-corrected chi connectivity index (χ4v) is 2.13. The highest BCUT2D eigenvalue weighted by Gasteiger charge is 2.15.